The molecule has 1 aliphatic heterocycles. The van der Waals surface area contributed by atoms with Crippen LogP contribution in [0.5, 0.6) is 0 Å². The SMILES string of the molecule is CC1=C(C2CCCCCC2)CC=CC(CN2CCCCC2)=C1. The van der Waals surface area contributed by atoms with E-state index in [-0.39, 0.29) is 0 Å². The molecule has 0 radical (unpaired) electrons. The normalized spacial score (nSPS) is 25.8. The van der Waals surface area contributed by atoms with Gasteiger partial charge in [0, 0.05) is 6.54 Å². The van der Waals surface area contributed by atoms with Gasteiger partial charge < -0.3 is 0 Å². The minimum atomic E-state index is 0.859. The highest BCUT2D eigenvalue weighted by atomic mass is 15.1. The third-order valence-electron chi connectivity index (χ3n) is 5.78. The van der Waals surface area contributed by atoms with E-state index < -0.39 is 0 Å². The van der Waals surface area contributed by atoms with E-state index in [1.807, 2.05) is 0 Å². The third kappa shape index (κ3) is 4.35. The molecular formula is C21H33N. The van der Waals surface area contributed by atoms with Gasteiger partial charge in [0.05, 0.1) is 0 Å². The maximum atomic E-state index is 2.64. The first-order valence-electron chi connectivity index (χ1n) is 9.62. The summed E-state index contributed by atoms with van der Waals surface area (Å²) >= 11 is 0. The molecule has 0 amide bonds. The Kier molecular flexibility index (Phi) is 5.95. The molecule has 1 heteroatoms. The highest BCUT2D eigenvalue weighted by Crippen LogP contribution is 2.34. The van der Waals surface area contributed by atoms with Gasteiger partial charge in [-0.05, 0) is 63.6 Å². The van der Waals surface area contributed by atoms with Crippen LogP contribution in [-0.2, 0) is 0 Å². The van der Waals surface area contributed by atoms with Gasteiger partial charge in [0.1, 0.15) is 0 Å². The van der Waals surface area contributed by atoms with Crippen molar-refractivity contribution in [2.24, 2.45) is 5.92 Å². The Balaban J connectivity index is 1.69. The van der Waals surface area contributed by atoms with E-state index in [9.17, 15) is 0 Å². The number of rotatable bonds is 3. The molecule has 1 saturated heterocycles. The fourth-order valence-electron chi connectivity index (χ4n) is 4.51. The molecule has 1 heterocycles. The molecule has 0 aromatic carbocycles. The molecule has 122 valence electrons. The second-order valence-corrected chi connectivity index (χ2v) is 7.56. The summed E-state index contributed by atoms with van der Waals surface area (Å²) in [6.07, 6.45) is 21.4. The summed E-state index contributed by atoms with van der Waals surface area (Å²) in [5.74, 6) is 0.859. The van der Waals surface area contributed by atoms with Gasteiger partial charge in [0.2, 0.25) is 0 Å². The number of likely N-dealkylation sites (tertiary alicyclic amines) is 1. The highest BCUT2D eigenvalue weighted by Gasteiger charge is 2.19. The van der Waals surface area contributed by atoms with Crippen molar-refractivity contribution in [3.8, 4) is 0 Å². The molecular weight excluding hydrogens is 266 g/mol. The van der Waals surface area contributed by atoms with Gasteiger partial charge in [-0.15, -0.1) is 0 Å². The summed E-state index contributed by atoms with van der Waals surface area (Å²) < 4.78 is 0. The van der Waals surface area contributed by atoms with Crippen molar-refractivity contribution in [3.63, 3.8) is 0 Å². The fourth-order valence-corrected chi connectivity index (χ4v) is 4.51. The van der Waals surface area contributed by atoms with Crippen molar-refractivity contribution in [2.45, 2.75) is 71.1 Å². The van der Waals surface area contributed by atoms with Crippen LogP contribution in [0.3, 0.4) is 0 Å². The Bertz CT molecular complexity index is 441. The molecule has 0 bridgehead atoms. The summed E-state index contributed by atoms with van der Waals surface area (Å²) in [5, 5.41) is 0. The first-order chi connectivity index (χ1) is 10.8. The lowest BCUT2D eigenvalue weighted by atomic mass is 9.86. The zero-order valence-corrected chi connectivity index (χ0v) is 14.4. The molecule has 0 N–H and O–H groups in total. The Labute approximate surface area is 137 Å². The Hall–Kier alpha value is -0.820. The first-order valence-corrected chi connectivity index (χ1v) is 9.62. The molecule has 0 aromatic heterocycles. The van der Waals surface area contributed by atoms with Gasteiger partial charge in [-0.1, -0.05) is 61.5 Å². The Morgan fingerprint density at radius 2 is 1.64 bits per heavy atom. The van der Waals surface area contributed by atoms with Gasteiger partial charge in [0.15, 0.2) is 0 Å². The molecule has 3 aliphatic rings. The van der Waals surface area contributed by atoms with Crippen LogP contribution in [0.4, 0.5) is 0 Å². The first kappa shape index (κ1) is 16.1. The smallest absolute Gasteiger partial charge is 0.0233 e. The number of hydrogen-bond acceptors (Lipinski definition) is 1. The van der Waals surface area contributed by atoms with Crippen LogP contribution in [0.25, 0.3) is 0 Å². The lowest BCUT2D eigenvalue weighted by Crippen LogP contribution is -2.31. The van der Waals surface area contributed by atoms with E-state index in [0.717, 1.165) is 12.5 Å². The van der Waals surface area contributed by atoms with Crippen LogP contribution in [0.2, 0.25) is 0 Å². The largest absolute Gasteiger partial charge is 0.299 e. The van der Waals surface area contributed by atoms with Crippen LogP contribution in [0.15, 0.2) is 34.9 Å². The number of nitrogens with zero attached hydrogens (tertiary/aromatic N) is 1. The number of allylic oxidation sites excluding steroid dienone is 4. The van der Waals surface area contributed by atoms with E-state index in [4.69, 9.17) is 0 Å². The summed E-state index contributed by atoms with van der Waals surface area (Å²) in [6.45, 7) is 6.11. The van der Waals surface area contributed by atoms with Crippen LogP contribution in [-0.4, -0.2) is 24.5 Å². The van der Waals surface area contributed by atoms with Crippen LogP contribution < -0.4 is 0 Å². The average Bonchev–Trinajstić information content (AvgIpc) is 2.89. The van der Waals surface area contributed by atoms with E-state index in [1.54, 1.807) is 11.1 Å². The molecule has 2 aliphatic carbocycles. The number of piperidine rings is 1. The van der Waals surface area contributed by atoms with Crippen LogP contribution in [0.1, 0.15) is 71.1 Å². The Morgan fingerprint density at radius 3 is 2.36 bits per heavy atom. The molecule has 1 nitrogen and oxygen atoms in total. The maximum absolute atomic E-state index is 2.64. The zero-order valence-electron chi connectivity index (χ0n) is 14.4. The van der Waals surface area contributed by atoms with Crippen molar-refractivity contribution < 1.29 is 0 Å². The predicted molar refractivity (Wildman–Crippen MR) is 96.0 cm³/mol. The highest BCUT2D eigenvalue weighted by molar-refractivity contribution is 5.38. The molecule has 2 fully saturated rings. The second-order valence-electron chi connectivity index (χ2n) is 7.56. The van der Waals surface area contributed by atoms with Crippen molar-refractivity contribution in [1.29, 1.82) is 0 Å². The maximum Gasteiger partial charge on any atom is 0.0233 e. The molecule has 0 aromatic rings. The summed E-state index contributed by atoms with van der Waals surface area (Å²) in [5.41, 5.74) is 4.85. The van der Waals surface area contributed by atoms with E-state index in [0.29, 0.717) is 0 Å². The van der Waals surface area contributed by atoms with E-state index >= 15 is 0 Å². The summed E-state index contributed by atoms with van der Waals surface area (Å²) in [7, 11) is 0. The molecule has 22 heavy (non-hydrogen) atoms. The van der Waals surface area contributed by atoms with Crippen LogP contribution in [0, 0.1) is 5.92 Å². The monoisotopic (exact) mass is 299 g/mol. The van der Waals surface area contributed by atoms with Crippen LogP contribution >= 0.6 is 0 Å². The van der Waals surface area contributed by atoms with Gasteiger partial charge >= 0.3 is 0 Å². The van der Waals surface area contributed by atoms with Crippen molar-refractivity contribution in [3.05, 3.63) is 34.9 Å². The van der Waals surface area contributed by atoms with Gasteiger partial charge in [-0.2, -0.15) is 0 Å². The summed E-state index contributed by atoms with van der Waals surface area (Å²) in [6, 6.07) is 0. The standard InChI is InChI=1S/C21H33N/c1-18-16-19(17-22-14-7-4-8-15-22)10-9-13-21(18)20-11-5-2-3-6-12-20/h9-10,16,20H,2-8,11-15,17H2,1H3. The predicted octanol–water partition coefficient (Wildman–Crippen LogP) is 5.65. The second kappa shape index (κ2) is 8.15. The molecule has 1 saturated carbocycles. The lowest BCUT2D eigenvalue weighted by molar-refractivity contribution is 0.248. The van der Waals surface area contributed by atoms with Crippen molar-refractivity contribution >= 4 is 0 Å². The average molecular weight is 300 g/mol. The molecule has 0 spiro atoms. The Morgan fingerprint density at radius 1 is 0.955 bits per heavy atom. The molecule has 3 rings (SSSR count). The summed E-state index contributed by atoms with van der Waals surface area (Å²) in [4.78, 5) is 2.64. The minimum Gasteiger partial charge on any atom is -0.299 e. The lowest BCUT2D eigenvalue weighted by Gasteiger charge is -2.26. The van der Waals surface area contributed by atoms with Gasteiger partial charge in [-0.3, -0.25) is 4.90 Å². The van der Waals surface area contributed by atoms with Crippen molar-refractivity contribution in [1.82, 2.24) is 4.90 Å². The number of hydrogen-bond donors (Lipinski definition) is 0. The quantitative estimate of drug-likeness (QED) is 0.609. The van der Waals surface area contributed by atoms with Gasteiger partial charge in [0.25, 0.3) is 0 Å². The van der Waals surface area contributed by atoms with E-state index in [1.165, 1.54) is 82.9 Å². The topological polar surface area (TPSA) is 3.24 Å². The fraction of sp³-hybridized carbons (Fsp3) is 0.714. The molecule has 0 unspecified atom stereocenters. The minimum absolute atomic E-state index is 0.859. The molecule has 0 atom stereocenters. The van der Waals surface area contributed by atoms with Gasteiger partial charge in [-0.25, -0.2) is 0 Å². The van der Waals surface area contributed by atoms with E-state index in [2.05, 4.69) is 30.1 Å². The third-order valence-corrected chi connectivity index (χ3v) is 5.78. The van der Waals surface area contributed by atoms with Crippen molar-refractivity contribution in [2.75, 3.05) is 19.6 Å². The zero-order chi connectivity index (χ0) is 15.2.